The van der Waals surface area contributed by atoms with Gasteiger partial charge in [0.1, 0.15) is 0 Å². The number of fused-ring (bicyclic) bond motifs is 2. The van der Waals surface area contributed by atoms with Gasteiger partial charge in [-0.3, -0.25) is 9.59 Å². The van der Waals surface area contributed by atoms with Gasteiger partial charge in [0.05, 0.1) is 18.7 Å². The van der Waals surface area contributed by atoms with E-state index < -0.39 is 11.5 Å². The number of amides is 1. The molecule has 0 saturated carbocycles. The molecular formula is C28H23NO3. The number of anilines is 1. The van der Waals surface area contributed by atoms with Crippen LogP contribution in [0.15, 0.2) is 91.0 Å². The number of carbonyl (C=O) groups is 2. The lowest BCUT2D eigenvalue weighted by Crippen LogP contribution is -2.41. The number of nitrogens with zero attached hydrogens (tertiary/aromatic N) is 1. The molecule has 1 aliphatic heterocycles. The van der Waals surface area contributed by atoms with E-state index in [2.05, 4.69) is 0 Å². The number of ketones is 1. The minimum atomic E-state index is -1.89. The number of para-hydroxylation sites is 1. The summed E-state index contributed by atoms with van der Waals surface area (Å²) in [6.45, 7) is 2.35. The highest BCUT2D eigenvalue weighted by atomic mass is 16.3. The molecule has 0 aliphatic carbocycles. The first-order valence-electron chi connectivity index (χ1n) is 10.7. The van der Waals surface area contributed by atoms with Crippen LogP contribution in [0.5, 0.6) is 0 Å². The monoisotopic (exact) mass is 421 g/mol. The molecule has 5 rings (SSSR count). The number of rotatable bonds is 5. The van der Waals surface area contributed by atoms with Crippen LogP contribution in [0.4, 0.5) is 5.69 Å². The minimum absolute atomic E-state index is 0.260. The summed E-state index contributed by atoms with van der Waals surface area (Å²) in [7, 11) is 0. The second-order valence-electron chi connectivity index (χ2n) is 8.38. The van der Waals surface area contributed by atoms with E-state index in [-0.39, 0.29) is 12.2 Å². The van der Waals surface area contributed by atoms with E-state index in [1.807, 2.05) is 79.7 Å². The number of hydrogen-bond donors (Lipinski definition) is 1. The summed E-state index contributed by atoms with van der Waals surface area (Å²) < 4.78 is 0. The molecule has 0 radical (unpaired) electrons. The van der Waals surface area contributed by atoms with Crippen LogP contribution < -0.4 is 4.90 Å². The molecule has 4 nitrogen and oxygen atoms in total. The summed E-state index contributed by atoms with van der Waals surface area (Å²) in [4.78, 5) is 28.4. The van der Waals surface area contributed by atoms with Crippen molar-refractivity contribution >= 4 is 28.2 Å². The maximum absolute atomic E-state index is 13.5. The van der Waals surface area contributed by atoms with Crippen molar-refractivity contribution < 1.29 is 14.7 Å². The van der Waals surface area contributed by atoms with Crippen LogP contribution >= 0.6 is 0 Å². The van der Waals surface area contributed by atoms with Gasteiger partial charge in [-0.05, 0) is 29.3 Å². The number of aliphatic hydroxyl groups is 1. The van der Waals surface area contributed by atoms with Gasteiger partial charge in [-0.2, -0.15) is 0 Å². The van der Waals surface area contributed by atoms with Gasteiger partial charge in [-0.1, -0.05) is 90.5 Å². The summed E-state index contributed by atoms with van der Waals surface area (Å²) in [5.41, 5.74) is 1.84. The molecule has 0 aromatic heterocycles. The molecule has 4 aromatic carbocycles. The Morgan fingerprint density at radius 1 is 0.875 bits per heavy atom. The molecule has 0 unspecified atom stereocenters. The van der Waals surface area contributed by atoms with E-state index in [9.17, 15) is 14.7 Å². The average molecular weight is 421 g/mol. The fourth-order valence-electron chi connectivity index (χ4n) is 4.51. The Hall–Kier alpha value is -3.76. The third kappa shape index (κ3) is 3.29. The summed E-state index contributed by atoms with van der Waals surface area (Å²) in [6, 6.07) is 28.3. The predicted octanol–water partition coefficient (Wildman–Crippen LogP) is 5.16. The Morgan fingerprint density at radius 3 is 2.38 bits per heavy atom. The quantitative estimate of drug-likeness (QED) is 0.453. The molecular weight excluding hydrogens is 398 g/mol. The highest BCUT2D eigenvalue weighted by molar-refractivity contribution is 6.13. The summed E-state index contributed by atoms with van der Waals surface area (Å²) in [6.07, 6.45) is -0.304. The summed E-state index contributed by atoms with van der Waals surface area (Å²) in [5, 5.41) is 13.4. The van der Waals surface area contributed by atoms with Crippen LogP contribution in [-0.4, -0.2) is 16.8 Å². The molecule has 158 valence electrons. The zero-order valence-electron chi connectivity index (χ0n) is 17.8. The number of benzene rings is 4. The Morgan fingerprint density at radius 2 is 1.56 bits per heavy atom. The van der Waals surface area contributed by atoms with Crippen molar-refractivity contribution in [2.75, 3.05) is 4.90 Å². The summed E-state index contributed by atoms with van der Waals surface area (Å²) in [5.74, 6) is -0.725. The topological polar surface area (TPSA) is 57.6 Å². The maximum atomic E-state index is 13.5. The van der Waals surface area contributed by atoms with E-state index in [4.69, 9.17) is 0 Å². The molecule has 1 aliphatic rings. The van der Waals surface area contributed by atoms with Gasteiger partial charge in [0, 0.05) is 11.1 Å². The number of aryl methyl sites for hydroxylation is 1. The highest BCUT2D eigenvalue weighted by Gasteiger charge is 2.50. The summed E-state index contributed by atoms with van der Waals surface area (Å²) >= 11 is 0. The lowest BCUT2D eigenvalue weighted by molar-refractivity contribution is -0.136. The van der Waals surface area contributed by atoms with Gasteiger partial charge in [-0.25, -0.2) is 0 Å². The van der Waals surface area contributed by atoms with Crippen LogP contribution in [0.1, 0.15) is 33.5 Å². The van der Waals surface area contributed by atoms with E-state index in [1.54, 1.807) is 23.1 Å². The second-order valence-corrected chi connectivity index (χ2v) is 8.38. The fraction of sp³-hybridized carbons (Fsp3) is 0.143. The van der Waals surface area contributed by atoms with Crippen LogP contribution in [0.2, 0.25) is 0 Å². The Bertz CT molecular complexity index is 1340. The van der Waals surface area contributed by atoms with Gasteiger partial charge >= 0.3 is 0 Å². The number of carbonyl (C=O) groups excluding carboxylic acids is 2. The molecule has 0 saturated heterocycles. The van der Waals surface area contributed by atoms with Crippen molar-refractivity contribution in [1.29, 1.82) is 0 Å². The van der Waals surface area contributed by atoms with Crippen LogP contribution in [0, 0.1) is 6.92 Å². The Kier molecular flexibility index (Phi) is 4.87. The third-order valence-electron chi connectivity index (χ3n) is 6.21. The molecule has 0 spiro atoms. The molecule has 1 amide bonds. The average Bonchev–Trinajstić information content (AvgIpc) is 3.02. The first kappa shape index (κ1) is 20.2. The minimum Gasteiger partial charge on any atom is -0.375 e. The molecule has 4 heteroatoms. The fourth-order valence-corrected chi connectivity index (χ4v) is 4.51. The van der Waals surface area contributed by atoms with Crippen molar-refractivity contribution in [3.63, 3.8) is 0 Å². The normalized spacial score (nSPS) is 17.6. The molecule has 0 bridgehead atoms. The van der Waals surface area contributed by atoms with Crippen LogP contribution in [0.25, 0.3) is 10.8 Å². The van der Waals surface area contributed by atoms with Crippen molar-refractivity contribution in [2.24, 2.45) is 0 Å². The van der Waals surface area contributed by atoms with Crippen LogP contribution in [-0.2, 0) is 16.9 Å². The standard InChI is InChI=1S/C28H23NO3/c1-19-13-15-20(16-14-19)18-29-25-12-5-4-11-24(25)28(32,27(29)31)17-26(30)23-10-6-8-21-7-2-3-9-22(21)23/h2-16,32H,17-18H2,1H3/t28-/m0/s1. The van der Waals surface area contributed by atoms with Crippen molar-refractivity contribution in [1.82, 2.24) is 0 Å². The zero-order chi connectivity index (χ0) is 22.3. The van der Waals surface area contributed by atoms with Crippen molar-refractivity contribution in [2.45, 2.75) is 25.5 Å². The van der Waals surface area contributed by atoms with Crippen molar-refractivity contribution in [3.8, 4) is 0 Å². The largest absolute Gasteiger partial charge is 0.375 e. The lowest BCUT2D eigenvalue weighted by Gasteiger charge is -2.23. The predicted molar refractivity (Wildman–Crippen MR) is 126 cm³/mol. The maximum Gasteiger partial charge on any atom is 0.264 e. The van der Waals surface area contributed by atoms with Gasteiger partial charge in [0.15, 0.2) is 11.4 Å². The molecule has 1 atom stereocenters. The van der Waals surface area contributed by atoms with Gasteiger partial charge in [0.2, 0.25) is 0 Å². The van der Waals surface area contributed by atoms with Crippen molar-refractivity contribution in [3.05, 3.63) is 113 Å². The molecule has 1 N–H and O–H groups in total. The molecule has 4 aromatic rings. The van der Waals surface area contributed by atoms with Crippen LogP contribution in [0.3, 0.4) is 0 Å². The number of hydrogen-bond acceptors (Lipinski definition) is 3. The number of Topliss-reactive ketones (excluding diaryl/α,β-unsaturated/α-hetero) is 1. The van der Waals surface area contributed by atoms with Gasteiger partial charge in [-0.15, -0.1) is 0 Å². The van der Waals surface area contributed by atoms with E-state index in [0.717, 1.165) is 21.9 Å². The molecule has 0 fully saturated rings. The van der Waals surface area contributed by atoms with E-state index in [1.165, 1.54) is 0 Å². The Labute approximate surface area is 186 Å². The third-order valence-corrected chi connectivity index (χ3v) is 6.21. The molecule has 1 heterocycles. The Balaban J connectivity index is 1.51. The van der Waals surface area contributed by atoms with E-state index in [0.29, 0.717) is 23.4 Å². The lowest BCUT2D eigenvalue weighted by atomic mass is 9.87. The molecule has 32 heavy (non-hydrogen) atoms. The highest BCUT2D eigenvalue weighted by Crippen LogP contribution is 2.43. The SMILES string of the molecule is Cc1ccc(CN2C(=O)[C@](O)(CC(=O)c3cccc4ccccc34)c3ccccc32)cc1. The smallest absolute Gasteiger partial charge is 0.264 e. The first-order valence-corrected chi connectivity index (χ1v) is 10.7. The van der Waals surface area contributed by atoms with Gasteiger partial charge in [0.25, 0.3) is 5.91 Å². The first-order chi connectivity index (χ1) is 15.5. The van der Waals surface area contributed by atoms with E-state index >= 15 is 0 Å². The second kappa shape index (κ2) is 7.74. The van der Waals surface area contributed by atoms with Gasteiger partial charge < -0.3 is 10.0 Å². The zero-order valence-corrected chi connectivity index (χ0v) is 17.8.